The molecule has 0 bridgehead atoms. The van der Waals surface area contributed by atoms with Gasteiger partial charge in [-0.1, -0.05) is 37.6 Å². The lowest BCUT2D eigenvalue weighted by Gasteiger charge is -2.28. The van der Waals surface area contributed by atoms with Gasteiger partial charge in [-0.15, -0.1) is 0 Å². The van der Waals surface area contributed by atoms with Crippen LogP contribution in [0.15, 0.2) is 43.0 Å². The normalized spacial score (nSPS) is 15.1. The van der Waals surface area contributed by atoms with E-state index in [4.69, 9.17) is 0 Å². The van der Waals surface area contributed by atoms with Crippen molar-refractivity contribution < 1.29 is 4.79 Å². The van der Waals surface area contributed by atoms with Crippen LogP contribution in [0.3, 0.4) is 0 Å². The number of para-hydroxylation sites is 1. The lowest BCUT2D eigenvalue weighted by Crippen LogP contribution is -2.37. The van der Waals surface area contributed by atoms with Crippen molar-refractivity contribution in [2.45, 2.75) is 45.2 Å². The van der Waals surface area contributed by atoms with E-state index in [1.165, 1.54) is 24.5 Å². The number of aromatic nitrogens is 1. The van der Waals surface area contributed by atoms with Crippen LogP contribution >= 0.6 is 0 Å². The van der Waals surface area contributed by atoms with E-state index < -0.39 is 0 Å². The molecular formula is C19H22N2O. The number of hydrogen-bond acceptors (Lipinski definition) is 2. The van der Waals surface area contributed by atoms with Crippen molar-refractivity contribution in [3.8, 4) is 0 Å². The van der Waals surface area contributed by atoms with Crippen LogP contribution < -0.4 is 0 Å². The number of rotatable bonds is 4. The summed E-state index contributed by atoms with van der Waals surface area (Å²) in [6.45, 7) is 6.31. The fourth-order valence-electron chi connectivity index (χ4n) is 3.43. The number of benzene rings is 1. The minimum atomic E-state index is 0.0328. The second-order valence-electron chi connectivity index (χ2n) is 6.05. The van der Waals surface area contributed by atoms with E-state index in [0.29, 0.717) is 12.6 Å². The highest BCUT2D eigenvalue weighted by Crippen LogP contribution is 2.27. The first kappa shape index (κ1) is 14.8. The van der Waals surface area contributed by atoms with Crippen LogP contribution in [0.4, 0.5) is 0 Å². The first-order valence-corrected chi connectivity index (χ1v) is 7.97. The maximum absolute atomic E-state index is 12.3. The van der Waals surface area contributed by atoms with Crippen molar-refractivity contribution in [2.75, 3.05) is 0 Å². The van der Waals surface area contributed by atoms with Gasteiger partial charge in [0.1, 0.15) is 0 Å². The number of carbonyl (C=O) groups excluding carboxylic acids is 1. The smallest absolute Gasteiger partial charge is 0.246 e. The van der Waals surface area contributed by atoms with Gasteiger partial charge in [0.15, 0.2) is 0 Å². The van der Waals surface area contributed by atoms with Gasteiger partial charge in [0.2, 0.25) is 5.91 Å². The molecule has 1 aromatic carbocycles. The van der Waals surface area contributed by atoms with E-state index >= 15 is 0 Å². The maximum Gasteiger partial charge on any atom is 0.246 e. The largest absolute Gasteiger partial charge is 0.332 e. The number of fused-ring (bicyclic) bond motifs is 1. The third-order valence-corrected chi connectivity index (χ3v) is 4.49. The first-order chi connectivity index (χ1) is 10.7. The second kappa shape index (κ2) is 6.30. The number of pyridine rings is 1. The molecule has 1 aliphatic carbocycles. The minimum Gasteiger partial charge on any atom is -0.332 e. The van der Waals surface area contributed by atoms with Gasteiger partial charge >= 0.3 is 0 Å². The van der Waals surface area contributed by atoms with Crippen molar-refractivity contribution >= 4 is 16.8 Å². The molecule has 3 nitrogen and oxygen atoms in total. The zero-order valence-electron chi connectivity index (χ0n) is 13.1. The Bertz CT molecular complexity index is 702. The highest BCUT2D eigenvalue weighted by Gasteiger charge is 2.25. The number of nitrogens with zero attached hydrogens (tertiary/aromatic N) is 2. The van der Waals surface area contributed by atoms with Gasteiger partial charge in [-0.05, 0) is 43.5 Å². The highest BCUT2D eigenvalue weighted by atomic mass is 16.2. The molecule has 1 fully saturated rings. The Balaban J connectivity index is 1.98. The number of aryl methyl sites for hydroxylation is 1. The van der Waals surface area contributed by atoms with E-state index in [1.54, 1.807) is 0 Å². The van der Waals surface area contributed by atoms with E-state index in [-0.39, 0.29) is 5.91 Å². The van der Waals surface area contributed by atoms with Crippen LogP contribution in [0.2, 0.25) is 0 Å². The molecule has 0 aliphatic heterocycles. The predicted molar refractivity (Wildman–Crippen MR) is 89.5 cm³/mol. The Labute approximate surface area is 131 Å². The fourth-order valence-corrected chi connectivity index (χ4v) is 3.43. The van der Waals surface area contributed by atoms with Gasteiger partial charge in [0.25, 0.3) is 0 Å². The molecule has 0 N–H and O–H groups in total. The molecular weight excluding hydrogens is 272 g/mol. The van der Waals surface area contributed by atoms with Crippen LogP contribution in [0.25, 0.3) is 10.9 Å². The molecule has 0 spiro atoms. The molecule has 1 aliphatic rings. The minimum absolute atomic E-state index is 0.0328. The molecule has 0 radical (unpaired) electrons. The van der Waals surface area contributed by atoms with Crippen LogP contribution in [-0.4, -0.2) is 21.8 Å². The summed E-state index contributed by atoms with van der Waals surface area (Å²) in [7, 11) is 0. The molecule has 1 amide bonds. The molecule has 3 rings (SSSR count). The summed E-state index contributed by atoms with van der Waals surface area (Å²) >= 11 is 0. The summed E-state index contributed by atoms with van der Waals surface area (Å²) in [5.41, 5.74) is 3.16. The Morgan fingerprint density at radius 3 is 2.82 bits per heavy atom. The number of hydrogen-bond donors (Lipinski definition) is 0. The first-order valence-electron chi connectivity index (χ1n) is 7.97. The van der Waals surface area contributed by atoms with E-state index in [1.807, 2.05) is 30.0 Å². The summed E-state index contributed by atoms with van der Waals surface area (Å²) in [5, 5.41) is 1.13. The van der Waals surface area contributed by atoms with Gasteiger partial charge in [-0.25, -0.2) is 0 Å². The van der Waals surface area contributed by atoms with Gasteiger partial charge < -0.3 is 4.90 Å². The number of amides is 1. The zero-order chi connectivity index (χ0) is 15.5. The molecule has 2 aromatic rings. The van der Waals surface area contributed by atoms with Gasteiger partial charge in [-0.3, -0.25) is 9.78 Å². The molecule has 0 atom stereocenters. The second-order valence-corrected chi connectivity index (χ2v) is 6.05. The van der Waals surface area contributed by atoms with Crippen molar-refractivity contribution in [2.24, 2.45) is 0 Å². The highest BCUT2D eigenvalue weighted by molar-refractivity contribution is 5.88. The average molecular weight is 294 g/mol. The van der Waals surface area contributed by atoms with E-state index in [0.717, 1.165) is 29.4 Å². The lowest BCUT2D eigenvalue weighted by molar-refractivity contribution is -0.128. The standard InChI is InChI=1S/C19H22N2O/c1-3-19(22)21(16-8-4-5-9-16)13-15-12-14(2)20-18-11-7-6-10-17(15)18/h3,6-7,10-12,16H,1,4-5,8-9,13H2,2H3. The van der Waals surface area contributed by atoms with Crippen LogP contribution in [-0.2, 0) is 11.3 Å². The lowest BCUT2D eigenvalue weighted by atomic mass is 10.1. The molecule has 0 unspecified atom stereocenters. The quantitative estimate of drug-likeness (QED) is 0.799. The zero-order valence-corrected chi connectivity index (χ0v) is 13.1. The van der Waals surface area contributed by atoms with Crippen LogP contribution in [0.1, 0.15) is 36.9 Å². The van der Waals surface area contributed by atoms with Gasteiger partial charge in [0.05, 0.1) is 5.52 Å². The van der Waals surface area contributed by atoms with Gasteiger partial charge in [-0.2, -0.15) is 0 Å². The molecule has 114 valence electrons. The summed E-state index contributed by atoms with van der Waals surface area (Å²) in [6, 6.07) is 10.6. The van der Waals surface area contributed by atoms with E-state index in [9.17, 15) is 4.79 Å². The predicted octanol–water partition coefficient (Wildman–Crippen LogP) is 4.00. The van der Waals surface area contributed by atoms with Crippen LogP contribution in [0, 0.1) is 6.92 Å². The SMILES string of the molecule is C=CC(=O)N(Cc1cc(C)nc2ccccc12)C1CCCC1. The summed E-state index contributed by atoms with van der Waals surface area (Å²) < 4.78 is 0. The summed E-state index contributed by atoms with van der Waals surface area (Å²) in [5.74, 6) is 0.0328. The third-order valence-electron chi connectivity index (χ3n) is 4.49. The molecule has 1 heterocycles. The topological polar surface area (TPSA) is 33.2 Å². The van der Waals surface area contributed by atoms with E-state index in [2.05, 4.69) is 23.7 Å². The molecule has 1 saturated carbocycles. The molecule has 22 heavy (non-hydrogen) atoms. The van der Waals surface area contributed by atoms with Crippen molar-refractivity contribution in [3.05, 3.63) is 54.2 Å². The summed E-state index contributed by atoms with van der Waals surface area (Å²) in [6.07, 6.45) is 6.06. The maximum atomic E-state index is 12.3. The number of carbonyl (C=O) groups is 1. The molecule has 1 aromatic heterocycles. The molecule has 0 saturated heterocycles. The third kappa shape index (κ3) is 2.89. The van der Waals surface area contributed by atoms with Crippen molar-refractivity contribution in [3.63, 3.8) is 0 Å². The Hall–Kier alpha value is -2.16. The monoisotopic (exact) mass is 294 g/mol. The van der Waals surface area contributed by atoms with Crippen molar-refractivity contribution in [1.29, 1.82) is 0 Å². The average Bonchev–Trinajstić information content (AvgIpc) is 3.05. The van der Waals surface area contributed by atoms with Crippen LogP contribution in [0.5, 0.6) is 0 Å². The fraction of sp³-hybridized carbons (Fsp3) is 0.368. The van der Waals surface area contributed by atoms with Gasteiger partial charge in [0, 0.05) is 23.7 Å². The van der Waals surface area contributed by atoms with Crippen molar-refractivity contribution in [1.82, 2.24) is 9.88 Å². The Morgan fingerprint density at radius 2 is 2.09 bits per heavy atom. The summed E-state index contributed by atoms with van der Waals surface area (Å²) in [4.78, 5) is 18.9. The Kier molecular flexibility index (Phi) is 4.23. The Morgan fingerprint density at radius 1 is 1.36 bits per heavy atom. The molecule has 3 heteroatoms.